The zero-order valence-electron chi connectivity index (χ0n) is 9.44. The first-order valence-electron chi connectivity index (χ1n) is 5.36. The van der Waals surface area contributed by atoms with Crippen LogP contribution in [0.3, 0.4) is 0 Å². The third kappa shape index (κ3) is 3.01. The number of carboxylic acid groups (broad SMARTS) is 1. The molecule has 0 spiro atoms. The highest BCUT2D eigenvalue weighted by Crippen LogP contribution is 2.39. The first-order valence-corrected chi connectivity index (χ1v) is 5.36. The van der Waals surface area contributed by atoms with Gasteiger partial charge in [-0.2, -0.15) is 13.2 Å². The molecule has 19 heavy (non-hydrogen) atoms. The van der Waals surface area contributed by atoms with Gasteiger partial charge in [0.15, 0.2) is 0 Å². The lowest BCUT2D eigenvalue weighted by Gasteiger charge is -2.07. The second-order valence-corrected chi connectivity index (χ2v) is 4.21. The molecule has 0 radical (unpaired) electrons. The summed E-state index contributed by atoms with van der Waals surface area (Å²) in [6.45, 7) is 0. The van der Waals surface area contributed by atoms with Crippen LogP contribution < -0.4 is 5.32 Å². The van der Waals surface area contributed by atoms with Gasteiger partial charge in [0.25, 0.3) is 0 Å². The van der Waals surface area contributed by atoms with Gasteiger partial charge in [-0.25, -0.2) is 4.98 Å². The number of carbonyl (C=O) groups is 2. The summed E-state index contributed by atoms with van der Waals surface area (Å²) in [7, 11) is 0. The summed E-state index contributed by atoms with van der Waals surface area (Å²) in [5.41, 5.74) is -0.916. The lowest BCUT2D eigenvalue weighted by atomic mass is 10.2. The number of amides is 1. The van der Waals surface area contributed by atoms with Crippen molar-refractivity contribution < 1.29 is 27.9 Å². The number of anilines is 1. The number of pyridine rings is 1. The number of halogens is 3. The molecule has 102 valence electrons. The topological polar surface area (TPSA) is 79.3 Å². The van der Waals surface area contributed by atoms with Crippen LogP contribution in [0.15, 0.2) is 18.3 Å². The van der Waals surface area contributed by atoms with E-state index in [1.54, 1.807) is 0 Å². The molecular weight excluding hydrogens is 265 g/mol. The lowest BCUT2D eigenvalue weighted by molar-refractivity contribution is -0.140. The third-order valence-corrected chi connectivity index (χ3v) is 2.79. The Hall–Kier alpha value is -2.12. The van der Waals surface area contributed by atoms with E-state index in [2.05, 4.69) is 10.3 Å². The number of nitrogens with zero attached hydrogens (tertiary/aromatic N) is 1. The molecule has 1 saturated carbocycles. The molecule has 2 atom stereocenters. The fourth-order valence-corrected chi connectivity index (χ4v) is 1.61. The summed E-state index contributed by atoms with van der Waals surface area (Å²) < 4.78 is 36.8. The van der Waals surface area contributed by atoms with Crippen LogP contribution in [0.5, 0.6) is 0 Å². The van der Waals surface area contributed by atoms with Crippen LogP contribution in [0, 0.1) is 11.8 Å². The second kappa shape index (κ2) is 4.52. The van der Waals surface area contributed by atoms with E-state index in [0.29, 0.717) is 6.20 Å². The van der Waals surface area contributed by atoms with Crippen molar-refractivity contribution in [2.75, 3.05) is 5.32 Å². The molecule has 1 amide bonds. The van der Waals surface area contributed by atoms with E-state index in [0.717, 1.165) is 12.1 Å². The Labute approximate surface area is 105 Å². The first kappa shape index (κ1) is 13.3. The maximum Gasteiger partial charge on any atom is 0.417 e. The molecule has 1 heterocycles. The van der Waals surface area contributed by atoms with Crippen molar-refractivity contribution in [2.24, 2.45) is 11.8 Å². The quantitative estimate of drug-likeness (QED) is 0.880. The first-order chi connectivity index (χ1) is 8.79. The van der Waals surface area contributed by atoms with E-state index in [9.17, 15) is 22.8 Å². The second-order valence-electron chi connectivity index (χ2n) is 4.21. The van der Waals surface area contributed by atoms with Crippen LogP contribution in [0.2, 0.25) is 0 Å². The summed E-state index contributed by atoms with van der Waals surface area (Å²) in [6, 6.07) is 1.82. The van der Waals surface area contributed by atoms with Gasteiger partial charge in [-0.15, -0.1) is 0 Å². The van der Waals surface area contributed by atoms with E-state index in [1.807, 2.05) is 0 Å². The summed E-state index contributed by atoms with van der Waals surface area (Å²) in [5.74, 6) is -2.98. The van der Waals surface area contributed by atoms with Crippen molar-refractivity contribution in [1.82, 2.24) is 4.98 Å². The van der Waals surface area contributed by atoms with Gasteiger partial charge in [0.05, 0.1) is 17.4 Å². The Morgan fingerprint density at radius 3 is 2.42 bits per heavy atom. The molecule has 0 aromatic carbocycles. The highest BCUT2D eigenvalue weighted by molar-refractivity contribution is 5.97. The van der Waals surface area contributed by atoms with Crippen molar-refractivity contribution in [3.8, 4) is 0 Å². The molecule has 0 bridgehead atoms. The fourth-order valence-electron chi connectivity index (χ4n) is 1.61. The number of hydrogen-bond donors (Lipinski definition) is 2. The van der Waals surface area contributed by atoms with E-state index in [1.165, 1.54) is 0 Å². The molecule has 5 nitrogen and oxygen atoms in total. The summed E-state index contributed by atoms with van der Waals surface area (Å²) in [4.78, 5) is 25.6. The van der Waals surface area contributed by atoms with Crippen LogP contribution in [-0.4, -0.2) is 22.0 Å². The Kier molecular flexibility index (Phi) is 3.17. The number of carboxylic acids is 1. The predicted octanol–water partition coefficient (Wildman–Crippen LogP) is 1.76. The van der Waals surface area contributed by atoms with Crippen molar-refractivity contribution >= 4 is 17.7 Å². The van der Waals surface area contributed by atoms with E-state index >= 15 is 0 Å². The molecule has 0 saturated heterocycles. The Bertz CT molecular complexity index is 513. The number of aliphatic carboxylic acids is 1. The van der Waals surface area contributed by atoms with Crippen LogP contribution in [0.4, 0.5) is 19.0 Å². The van der Waals surface area contributed by atoms with Crippen LogP contribution in [0.1, 0.15) is 12.0 Å². The van der Waals surface area contributed by atoms with Crippen molar-refractivity contribution in [2.45, 2.75) is 12.6 Å². The lowest BCUT2D eigenvalue weighted by Crippen LogP contribution is -2.17. The smallest absolute Gasteiger partial charge is 0.417 e. The molecule has 1 aliphatic rings. The molecular formula is C11H9F3N2O3. The van der Waals surface area contributed by atoms with Crippen LogP contribution in [-0.2, 0) is 15.8 Å². The molecule has 8 heteroatoms. The van der Waals surface area contributed by atoms with Gasteiger partial charge in [-0.05, 0) is 18.6 Å². The normalized spacial score (nSPS) is 21.8. The average Bonchev–Trinajstić information content (AvgIpc) is 3.08. The van der Waals surface area contributed by atoms with E-state index in [-0.39, 0.29) is 12.2 Å². The SMILES string of the molecule is O=C(Nc1ccc(C(F)(F)F)cn1)[C@H]1C[C@H]1C(=O)O. The number of nitrogens with one attached hydrogen (secondary N) is 1. The van der Waals surface area contributed by atoms with Gasteiger partial charge >= 0.3 is 12.1 Å². The number of carbonyl (C=O) groups excluding carboxylic acids is 1. The number of aromatic nitrogens is 1. The maximum absolute atomic E-state index is 12.3. The van der Waals surface area contributed by atoms with Crippen molar-refractivity contribution in [3.63, 3.8) is 0 Å². The Morgan fingerprint density at radius 1 is 1.32 bits per heavy atom. The largest absolute Gasteiger partial charge is 0.481 e. The molecule has 2 N–H and O–H groups in total. The molecule has 1 aromatic heterocycles. The monoisotopic (exact) mass is 274 g/mol. The predicted molar refractivity (Wildman–Crippen MR) is 57.1 cm³/mol. The molecule has 2 rings (SSSR count). The molecule has 1 aliphatic carbocycles. The zero-order valence-corrected chi connectivity index (χ0v) is 9.44. The highest BCUT2D eigenvalue weighted by atomic mass is 19.4. The Morgan fingerprint density at radius 2 is 2.00 bits per heavy atom. The molecule has 1 aromatic rings. The number of hydrogen-bond acceptors (Lipinski definition) is 3. The van der Waals surface area contributed by atoms with E-state index in [4.69, 9.17) is 5.11 Å². The number of alkyl halides is 3. The minimum atomic E-state index is -4.49. The van der Waals surface area contributed by atoms with Crippen molar-refractivity contribution in [1.29, 1.82) is 0 Å². The third-order valence-electron chi connectivity index (χ3n) is 2.79. The minimum absolute atomic E-state index is 0.0333. The molecule has 0 unspecified atom stereocenters. The Balaban J connectivity index is 1.97. The number of rotatable bonds is 3. The van der Waals surface area contributed by atoms with Gasteiger partial charge in [-0.3, -0.25) is 9.59 Å². The summed E-state index contributed by atoms with van der Waals surface area (Å²) in [5, 5.41) is 10.9. The zero-order chi connectivity index (χ0) is 14.2. The fraction of sp³-hybridized carbons (Fsp3) is 0.364. The van der Waals surface area contributed by atoms with Gasteiger partial charge in [0.1, 0.15) is 5.82 Å². The van der Waals surface area contributed by atoms with E-state index < -0.39 is 35.5 Å². The van der Waals surface area contributed by atoms with Crippen molar-refractivity contribution in [3.05, 3.63) is 23.9 Å². The van der Waals surface area contributed by atoms with Crippen LogP contribution in [0.25, 0.3) is 0 Å². The molecule has 1 fully saturated rings. The van der Waals surface area contributed by atoms with Gasteiger partial charge in [0.2, 0.25) is 5.91 Å². The standard InChI is InChI=1S/C11H9F3N2O3/c12-11(13,14)5-1-2-8(15-4-5)16-9(17)6-3-7(6)10(18)19/h1-2,4,6-7H,3H2,(H,18,19)(H,15,16,17)/t6-,7+/m0/s1. The minimum Gasteiger partial charge on any atom is -0.481 e. The maximum atomic E-state index is 12.3. The average molecular weight is 274 g/mol. The summed E-state index contributed by atoms with van der Waals surface area (Å²) >= 11 is 0. The summed E-state index contributed by atoms with van der Waals surface area (Å²) in [6.07, 6.45) is -3.64. The highest BCUT2D eigenvalue weighted by Gasteiger charge is 2.48. The van der Waals surface area contributed by atoms with Gasteiger partial charge < -0.3 is 10.4 Å². The van der Waals surface area contributed by atoms with Crippen LogP contribution >= 0.6 is 0 Å². The molecule has 0 aliphatic heterocycles. The van der Waals surface area contributed by atoms with Gasteiger partial charge in [0, 0.05) is 6.20 Å². The van der Waals surface area contributed by atoms with Gasteiger partial charge in [-0.1, -0.05) is 0 Å².